The Morgan fingerprint density at radius 3 is 2.48 bits per heavy atom. The maximum absolute atomic E-state index is 13.7. The van der Waals surface area contributed by atoms with Crippen LogP contribution in [0.4, 0.5) is 0 Å². The number of hydrogen-bond acceptors (Lipinski definition) is 5. The van der Waals surface area contributed by atoms with Gasteiger partial charge in [-0.15, -0.1) is 0 Å². The predicted molar refractivity (Wildman–Crippen MR) is 111 cm³/mol. The largest absolute Gasteiger partial charge is 0.458 e. The van der Waals surface area contributed by atoms with Gasteiger partial charge >= 0.3 is 5.97 Å². The molecule has 0 radical (unpaired) electrons. The van der Waals surface area contributed by atoms with Crippen LogP contribution in [0.1, 0.15) is 59.4 Å². The molecule has 6 nitrogen and oxygen atoms in total. The van der Waals surface area contributed by atoms with Crippen molar-refractivity contribution in [3.63, 3.8) is 0 Å². The van der Waals surface area contributed by atoms with E-state index in [9.17, 15) is 9.59 Å². The Hall–Kier alpha value is -1.92. The van der Waals surface area contributed by atoms with E-state index < -0.39 is 17.7 Å². The van der Waals surface area contributed by atoms with Crippen molar-refractivity contribution in [1.29, 1.82) is 0 Å². The number of rotatable bonds is 5. The maximum Gasteiger partial charge on any atom is 0.329 e. The highest BCUT2D eigenvalue weighted by Gasteiger charge is 2.48. The fourth-order valence-electron chi connectivity index (χ4n) is 4.31. The summed E-state index contributed by atoms with van der Waals surface area (Å²) in [5.41, 5.74) is 0.524. The van der Waals surface area contributed by atoms with E-state index in [1.165, 1.54) is 0 Å². The zero-order chi connectivity index (χ0) is 21.2. The van der Waals surface area contributed by atoms with Crippen molar-refractivity contribution >= 4 is 11.9 Å². The lowest BCUT2D eigenvalue weighted by Crippen LogP contribution is -2.54. The lowest BCUT2D eigenvalue weighted by Gasteiger charge is -2.35. The van der Waals surface area contributed by atoms with Gasteiger partial charge in [-0.1, -0.05) is 44.2 Å². The third kappa shape index (κ3) is 4.98. The van der Waals surface area contributed by atoms with E-state index in [2.05, 4.69) is 6.92 Å². The topological polar surface area (TPSA) is 59.1 Å². The fourth-order valence-corrected chi connectivity index (χ4v) is 4.31. The molecule has 160 valence electrons. The minimum atomic E-state index is -0.570. The van der Waals surface area contributed by atoms with Gasteiger partial charge in [-0.2, -0.15) is 5.06 Å². The molecule has 29 heavy (non-hydrogen) atoms. The second-order valence-corrected chi connectivity index (χ2v) is 9.21. The van der Waals surface area contributed by atoms with Gasteiger partial charge in [-0.3, -0.25) is 9.63 Å². The first-order valence-electron chi connectivity index (χ1n) is 10.7. The second kappa shape index (κ2) is 8.84. The Morgan fingerprint density at radius 1 is 1.17 bits per heavy atom. The molecule has 1 aromatic carbocycles. The number of nitrogens with zero attached hydrogens (tertiary/aromatic N) is 2. The van der Waals surface area contributed by atoms with Crippen LogP contribution in [0.2, 0.25) is 0 Å². The molecule has 6 heteroatoms. The van der Waals surface area contributed by atoms with E-state index in [1.54, 1.807) is 9.96 Å². The Balaban J connectivity index is 1.81. The summed E-state index contributed by atoms with van der Waals surface area (Å²) >= 11 is 0. The number of benzene rings is 1. The molecule has 3 rings (SSSR count). The Morgan fingerprint density at radius 2 is 1.86 bits per heavy atom. The number of hydrogen-bond donors (Lipinski definition) is 0. The lowest BCUT2D eigenvalue weighted by molar-refractivity contribution is -0.174. The average molecular weight is 403 g/mol. The molecule has 0 spiro atoms. The van der Waals surface area contributed by atoms with Crippen LogP contribution in [-0.4, -0.2) is 52.2 Å². The van der Waals surface area contributed by atoms with Crippen molar-refractivity contribution in [2.45, 2.75) is 84.2 Å². The minimum Gasteiger partial charge on any atom is -0.458 e. The highest BCUT2D eigenvalue weighted by molar-refractivity contribution is 5.89. The van der Waals surface area contributed by atoms with Crippen molar-refractivity contribution < 1.29 is 19.2 Å². The molecular weight excluding hydrogens is 368 g/mol. The zero-order valence-corrected chi connectivity index (χ0v) is 18.3. The quantitative estimate of drug-likeness (QED) is 0.705. The predicted octanol–water partition coefficient (Wildman–Crippen LogP) is 3.55. The molecule has 1 aromatic rings. The van der Waals surface area contributed by atoms with E-state index in [0.717, 1.165) is 18.4 Å². The SMILES string of the molecule is CCC1CCC(C(=O)OC(C)(C)C)N1C(=O)C1C(C)CON1Cc1ccccc1. The summed E-state index contributed by atoms with van der Waals surface area (Å²) in [6.45, 7) is 10.7. The summed E-state index contributed by atoms with van der Waals surface area (Å²) in [5.74, 6) is -0.266. The van der Waals surface area contributed by atoms with Crippen molar-refractivity contribution in [2.75, 3.05) is 6.61 Å². The third-order valence-corrected chi connectivity index (χ3v) is 5.69. The van der Waals surface area contributed by atoms with Gasteiger partial charge in [0.15, 0.2) is 0 Å². The van der Waals surface area contributed by atoms with E-state index in [4.69, 9.17) is 9.57 Å². The van der Waals surface area contributed by atoms with Crippen LogP contribution < -0.4 is 0 Å². The standard InChI is InChI=1S/C23H34N2O4/c1-6-18-12-13-19(22(27)29-23(3,4)5)25(18)21(26)20-16(2)15-28-24(20)14-17-10-8-7-9-11-17/h7-11,16,18-20H,6,12-15H2,1-5H3. The second-order valence-electron chi connectivity index (χ2n) is 9.21. The van der Waals surface area contributed by atoms with Gasteiger partial charge in [0.2, 0.25) is 5.91 Å². The molecule has 0 aliphatic carbocycles. The number of esters is 1. The summed E-state index contributed by atoms with van der Waals surface area (Å²) in [5, 5.41) is 1.79. The van der Waals surface area contributed by atoms with Crippen LogP contribution >= 0.6 is 0 Å². The molecule has 2 aliphatic rings. The number of likely N-dealkylation sites (tertiary alicyclic amines) is 1. The first-order chi connectivity index (χ1) is 13.7. The normalized spacial score (nSPS) is 28.0. The highest BCUT2D eigenvalue weighted by atomic mass is 16.7. The lowest BCUT2D eigenvalue weighted by atomic mass is 10.0. The van der Waals surface area contributed by atoms with Crippen LogP contribution in [-0.2, 0) is 25.7 Å². The smallest absolute Gasteiger partial charge is 0.329 e. The fraction of sp³-hybridized carbons (Fsp3) is 0.652. The number of carbonyl (C=O) groups excluding carboxylic acids is 2. The van der Waals surface area contributed by atoms with Gasteiger partial charge in [-0.05, 0) is 45.6 Å². The number of amides is 1. The van der Waals surface area contributed by atoms with Gasteiger partial charge in [0.05, 0.1) is 6.61 Å². The first-order valence-corrected chi connectivity index (χ1v) is 10.7. The summed E-state index contributed by atoms with van der Waals surface area (Å²) in [6, 6.07) is 9.15. The van der Waals surface area contributed by atoms with Crippen LogP contribution in [0.5, 0.6) is 0 Å². The molecule has 2 heterocycles. The van der Waals surface area contributed by atoms with E-state index >= 15 is 0 Å². The van der Waals surface area contributed by atoms with Crippen molar-refractivity contribution in [3.8, 4) is 0 Å². The summed E-state index contributed by atoms with van der Waals surface area (Å²) in [6.07, 6.45) is 2.30. The van der Waals surface area contributed by atoms with Gasteiger partial charge in [0.1, 0.15) is 17.7 Å². The molecule has 4 unspecified atom stereocenters. The number of ether oxygens (including phenoxy) is 1. The summed E-state index contributed by atoms with van der Waals surface area (Å²) in [4.78, 5) is 34.2. The van der Waals surface area contributed by atoms with Gasteiger partial charge in [0.25, 0.3) is 0 Å². The van der Waals surface area contributed by atoms with Crippen LogP contribution in [0, 0.1) is 5.92 Å². The first kappa shape index (κ1) is 21.8. The Bertz CT molecular complexity index is 715. The molecule has 1 amide bonds. The maximum atomic E-state index is 13.7. The molecule has 0 bridgehead atoms. The van der Waals surface area contributed by atoms with Crippen LogP contribution in [0.15, 0.2) is 30.3 Å². The molecular formula is C23H34N2O4. The van der Waals surface area contributed by atoms with Gasteiger partial charge < -0.3 is 9.64 Å². The van der Waals surface area contributed by atoms with E-state index in [0.29, 0.717) is 19.6 Å². The highest BCUT2D eigenvalue weighted by Crippen LogP contribution is 2.33. The number of hydroxylamine groups is 2. The summed E-state index contributed by atoms with van der Waals surface area (Å²) in [7, 11) is 0. The zero-order valence-electron chi connectivity index (χ0n) is 18.3. The monoisotopic (exact) mass is 402 g/mol. The molecule has 0 aromatic heterocycles. The van der Waals surface area contributed by atoms with Crippen molar-refractivity contribution in [3.05, 3.63) is 35.9 Å². The van der Waals surface area contributed by atoms with Crippen LogP contribution in [0.25, 0.3) is 0 Å². The molecule has 0 N–H and O–H groups in total. The minimum absolute atomic E-state index is 0.0221. The van der Waals surface area contributed by atoms with Crippen molar-refractivity contribution in [2.24, 2.45) is 5.92 Å². The van der Waals surface area contributed by atoms with E-state index in [1.807, 2.05) is 58.0 Å². The molecule has 2 fully saturated rings. The summed E-state index contributed by atoms with van der Waals surface area (Å²) < 4.78 is 5.63. The van der Waals surface area contributed by atoms with Crippen molar-refractivity contribution in [1.82, 2.24) is 9.96 Å². The Labute approximate surface area is 174 Å². The molecule has 0 saturated carbocycles. The number of carbonyl (C=O) groups is 2. The third-order valence-electron chi connectivity index (χ3n) is 5.69. The van der Waals surface area contributed by atoms with Gasteiger partial charge in [-0.25, -0.2) is 4.79 Å². The van der Waals surface area contributed by atoms with Gasteiger partial charge in [0, 0.05) is 18.5 Å². The Kier molecular flexibility index (Phi) is 6.64. The van der Waals surface area contributed by atoms with Crippen LogP contribution in [0.3, 0.4) is 0 Å². The molecule has 2 aliphatic heterocycles. The van der Waals surface area contributed by atoms with E-state index in [-0.39, 0.29) is 23.8 Å². The molecule has 2 saturated heterocycles. The molecule has 4 atom stereocenters. The average Bonchev–Trinajstić information content (AvgIpc) is 3.24.